The number of rotatable bonds is 14. The summed E-state index contributed by atoms with van der Waals surface area (Å²) in [7, 11) is 0. The lowest BCUT2D eigenvalue weighted by atomic mass is 9.95. The van der Waals surface area contributed by atoms with E-state index >= 15 is 0 Å². The Bertz CT molecular complexity index is 1010. The van der Waals surface area contributed by atoms with E-state index in [0.717, 1.165) is 68.8 Å². The molecular weight excluding hydrogens is 512 g/mol. The summed E-state index contributed by atoms with van der Waals surface area (Å²) in [6, 6.07) is 6.32. The third kappa shape index (κ3) is 10.2. The molecule has 0 heterocycles. The van der Waals surface area contributed by atoms with Crippen LogP contribution in [0.2, 0.25) is 0 Å². The maximum atomic E-state index is 13.3. The molecule has 38 heavy (non-hydrogen) atoms. The molecule has 0 saturated heterocycles. The van der Waals surface area contributed by atoms with Crippen LogP contribution < -0.4 is 26.2 Å². The molecule has 7 nitrogen and oxygen atoms in total. The van der Waals surface area contributed by atoms with Crippen LogP contribution in [0.3, 0.4) is 0 Å². The molecule has 9 heteroatoms. The van der Waals surface area contributed by atoms with Gasteiger partial charge in [-0.15, -0.1) is 0 Å². The van der Waals surface area contributed by atoms with Crippen LogP contribution in [-0.2, 0) is 4.79 Å². The van der Waals surface area contributed by atoms with Gasteiger partial charge < -0.3 is 26.2 Å². The summed E-state index contributed by atoms with van der Waals surface area (Å²) in [5, 5.41) is 13.8. The molecule has 0 aliphatic heterocycles. The number of nitrogens with zero attached hydrogens (tertiary/aromatic N) is 2. The van der Waals surface area contributed by atoms with E-state index in [1.807, 2.05) is 18.2 Å². The summed E-state index contributed by atoms with van der Waals surface area (Å²) in [6.45, 7) is 14.8. The van der Waals surface area contributed by atoms with E-state index in [4.69, 9.17) is 29.4 Å². The average molecular weight is 557 g/mol. The third-order valence-corrected chi connectivity index (χ3v) is 6.87. The molecule has 0 unspecified atom stereocenters. The molecule has 4 N–H and O–H groups in total. The molecule has 0 bridgehead atoms. The van der Waals surface area contributed by atoms with Crippen LogP contribution >= 0.6 is 24.4 Å². The van der Waals surface area contributed by atoms with Crippen molar-refractivity contribution < 1.29 is 4.79 Å². The number of carbonyl (C=O) groups excluding carboxylic acids is 1. The number of unbranched alkanes of at least 4 members (excludes halogenated alkanes) is 2. The Morgan fingerprint density at radius 3 is 1.82 bits per heavy atom. The molecule has 1 aliphatic rings. The quantitative estimate of drug-likeness (QED) is 0.147. The number of ketones is 1. The van der Waals surface area contributed by atoms with Crippen molar-refractivity contribution in [3.8, 4) is 0 Å². The lowest BCUT2D eigenvalue weighted by Crippen LogP contribution is -2.40. The first kappa shape index (κ1) is 31.4. The number of allylic oxidation sites excluding steroid dienone is 2. The van der Waals surface area contributed by atoms with E-state index in [2.05, 4.69) is 72.9 Å². The Morgan fingerprint density at radius 2 is 1.37 bits per heavy atom. The first-order chi connectivity index (χ1) is 18.3. The lowest BCUT2D eigenvalue weighted by Gasteiger charge is -2.22. The number of nitrogens with one attached hydrogen (secondary N) is 4. The molecule has 0 fully saturated rings. The molecule has 0 radical (unpaired) electrons. The van der Waals surface area contributed by atoms with Gasteiger partial charge in [-0.3, -0.25) is 4.79 Å². The fourth-order valence-corrected chi connectivity index (χ4v) is 4.33. The van der Waals surface area contributed by atoms with Crippen molar-refractivity contribution in [2.24, 2.45) is 4.99 Å². The number of hydrogen-bond acceptors (Lipinski definition) is 5. The second-order valence-corrected chi connectivity index (χ2v) is 10.1. The zero-order valence-corrected chi connectivity index (χ0v) is 25.2. The van der Waals surface area contributed by atoms with Crippen molar-refractivity contribution in [3.05, 3.63) is 47.1 Å². The van der Waals surface area contributed by atoms with Crippen molar-refractivity contribution in [1.29, 1.82) is 0 Å². The van der Waals surface area contributed by atoms with Crippen LogP contribution in [0, 0.1) is 6.92 Å². The summed E-state index contributed by atoms with van der Waals surface area (Å²) >= 11 is 10.8. The van der Waals surface area contributed by atoms with Crippen molar-refractivity contribution in [3.63, 3.8) is 0 Å². The predicted molar refractivity (Wildman–Crippen MR) is 170 cm³/mol. The molecule has 0 amide bonds. The highest BCUT2D eigenvalue weighted by Gasteiger charge is 2.21. The average Bonchev–Trinajstić information content (AvgIpc) is 2.90. The van der Waals surface area contributed by atoms with Gasteiger partial charge in [0, 0.05) is 56.1 Å². The van der Waals surface area contributed by atoms with E-state index in [0.29, 0.717) is 34.5 Å². The van der Waals surface area contributed by atoms with Crippen molar-refractivity contribution in [2.75, 3.05) is 44.2 Å². The summed E-state index contributed by atoms with van der Waals surface area (Å²) < 4.78 is 0. The van der Waals surface area contributed by atoms with Crippen LogP contribution in [-0.4, -0.2) is 61.0 Å². The van der Waals surface area contributed by atoms with E-state index in [-0.39, 0.29) is 5.78 Å². The van der Waals surface area contributed by atoms with Gasteiger partial charge >= 0.3 is 0 Å². The van der Waals surface area contributed by atoms with Crippen LogP contribution in [0.5, 0.6) is 0 Å². The van der Waals surface area contributed by atoms with E-state index in [9.17, 15) is 4.79 Å². The van der Waals surface area contributed by atoms with Gasteiger partial charge in [0.25, 0.3) is 0 Å². The second-order valence-electron chi connectivity index (χ2n) is 9.27. The molecule has 0 aromatic heterocycles. The molecular formula is C29H44N6OS2. The fourth-order valence-electron chi connectivity index (χ4n) is 3.99. The first-order valence-electron chi connectivity index (χ1n) is 13.8. The molecule has 2 rings (SSSR count). The van der Waals surface area contributed by atoms with Crippen LogP contribution in [0.1, 0.15) is 58.9 Å². The Hall–Kier alpha value is -2.78. The van der Waals surface area contributed by atoms with E-state index < -0.39 is 0 Å². The summed E-state index contributed by atoms with van der Waals surface area (Å²) in [5.41, 5.74) is 5.11. The second kappa shape index (κ2) is 16.9. The van der Waals surface area contributed by atoms with Crippen LogP contribution in [0.4, 0.5) is 11.4 Å². The minimum Gasteiger partial charge on any atom is -0.372 e. The molecule has 0 spiro atoms. The monoisotopic (exact) mass is 556 g/mol. The van der Waals surface area contributed by atoms with Gasteiger partial charge in [0.2, 0.25) is 0 Å². The Kier molecular flexibility index (Phi) is 14.0. The highest BCUT2D eigenvalue weighted by atomic mass is 32.1. The lowest BCUT2D eigenvalue weighted by molar-refractivity contribution is -0.112. The minimum atomic E-state index is -0.0368. The summed E-state index contributed by atoms with van der Waals surface area (Å²) in [5.74, 6) is -0.0368. The number of aliphatic imine (C=N–C) groups is 1. The van der Waals surface area contributed by atoms with Gasteiger partial charge in [-0.2, -0.15) is 0 Å². The molecule has 0 saturated carbocycles. The van der Waals surface area contributed by atoms with Gasteiger partial charge in [-0.1, -0.05) is 26.7 Å². The molecule has 1 aromatic rings. The largest absolute Gasteiger partial charge is 0.372 e. The van der Waals surface area contributed by atoms with E-state index in [1.165, 1.54) is 5.69 Å². The molecule has 1 aromatic carbocycles. The highest BCUT2D eigenvalue weighted by Crippen LogP contribution is 2.26. The minimum absolute atomic E-state index is 0.0368. The molecule has 1 aliphatic carbocycles. The van der Waals surface area contributed by atoms with Crippen LogP contribution in [0.15, 0.2) is 46.5 Å². The number of hydrogen-bond donors (Lipinski definition) is 4. The van der Waals surface area contributed by atoms with Crippen LogP contribution in [0.25, 0.3) is 0 Å². The maximum absolute atomic E-state index is 13.3. The van der Waals surface area contributed by atoms with Crippen molar-refractivity contribution in [1.82, 2.24) is 21.3 Å². The van der Waals surface area contributed by atoms with Crippen molar-refractivity contribution >= 4 is 57.5 Å². The normalized spacial score (nSPS) is 12.9. The smallest absolute Gasteiger partial charge is 0.188 e. The number of thiocarbonyl (C=S) groups is 2. The topological polar surface area (TPSA) is 80.8 Å². The van der Waals surface area contributed by atoms with Gasteiger partial charge in [-0.25, -0.2) is 4.99 Å². The number of Topliss-reactive ketones (excluding diaryl/α,β-unsaturated/α-hetero) is 1. The van der Waals surface area contributed by atoms with Crippen molar-refractivity contribution in [2.45, 2.75) is 60.3 Å². The maximum Gasteiger partial charge on any atom is 0.188 e. The Morgan fingerprint density at radius 1 is 0.842 bits per heavy atom. The fraction of sp³-hybridized carbons (Fsp3) is 0.517. The van der Waals surface area contributed by atoms with Gasteiger partial charge in [0.1, 0.15) is 0 Å². The Balaban J connectivity index is 2.26. The van der Waals surface area contributed by atoms with Gasteiger partial charge in [-0.05, 0) is 94.0 Å². The summed E-state index contributed by atoms with van der Waals surface area (Å²) in [6.07, 6.45) is 7.95. The Labute approximate surface area is 239 Å². The first-order valence-corrected chi connectivity index (χ1v) is 14.6. The number of aryl methyl sites for hydroxylation is 1. The van der Waals surface area contributed by atoms with Gasteiger partial charge in [0.05, 0.1) is 11.4 Å². The molecule has 208 valence electrons. The third-order valence-electron chi connectivity index (χ3n) is 6.30. The number of carbonyl (C=O) groups is 1. The predicted octanol–water partition coefficient (Wildman–Crippen LogP) is 4.88. The summed E-state index contributed by atoms with van der Waals surface area (Å²) in [4.78, 5) is 20.5. The standard InChI is InChI=1S/C29H44N6OS2/c1-6-10-14-30-28(37)32-19-22-17-24(18-23(27(22)36)20-33-29(38)31-15-11-7-2)34-26-13-12-25(16-21(26)5)35(8-3)9-4/h12-13,16-18H,6-11,14-15,19-20H2,1-5H3,(H2,30,32,37)(H2,31,33,38). The zero-order chi connectivity index (χ0) is 27.9. The highest BCUT2D eigenvalue weighted by molar-refractivity contribution is 7.80. The number of anilines is 1. The van der Waals surface area contributed by atoms with E-state index in [1.54, 1.807) is 0 Å². The van der Waals surface area contributed by atoms with Gasteiger partial charge in [0.15, 0.2) is 16.0 Å². The number of benzene rings is 1. The molecule has 0 atom stereocenters. The SMILES string of the molecule is CCCCNC(=S)NCC1=CC(=Nc2ccc(N(CC)CC)cc2C)C=C(CNC(=S)NCCCC)C1=O. The zero-order valence-electron chi connectivity index (χ0n) is 23.6.